The number of pyridine rings is 2. The molecule has 0 aliphatic carbocycles. The maximum absolute atomic E-state index is 12.3. The van der Waals surface area contributed by atoms with Crippen molar-refractivity contribution in [2.75, 3.05) is 5.32 Å². The minimum Gasteiger partial charge on any atom is -0.348 e. The minimum absolute atomic E-state index is 0.203. The Balaban J connectivity index is 1.45. The second kappa shape index (κ2) is 8.06. The summed E-state index contributed by atoms with van der Waals surface area (Å²) < 4.78 is 0. The molecule has 2 aromatic carbocycles. The summed E-state index contributed by atoms with van der Waals surface area (Å²) in [5, 5.41) is 7.78. The first-order valence-electron chi connectivity index (χ1n) is 8.79. The number of carbonyl (C=O) groups is 1. The van der Waals surface area contributed by atoms with Gasteiger partial charge in [0.1, 0.15) is 5.82 Å². The highest BCUT2D eigenvalue weighted by Crippen LogP contribution is 2.23. The fourth-order valence-corrected chi connectivity index (χ4v) is 3.07. The molecular weight excluding hydrogens is 372 g/mol. The highest BCUT2D eigenvalue weighted by molar-refractivity contribution is 6.31. The average molecular weight is 389 g/mol. The number of halogens is 1. The lowest BCUT2D eigenvalue weighted by Crippen LogP contribution is -2.23. The molecule has 0 saturated carbocycles. The Morgan fingerprint density at radius 2 is 1.79 bits per heavy atom. The lowest BCUT2D eigenvalue weighted by Gasteiger charge is -2.10. The first-order chi connectivity index (χ1) is 13.7. The molecule has 0 aliphatic heterocycles. The Labute approximate surface area is 167 Å². The monoisotopic (exact) mass is 388 g/mol. The van der Waals surface area contributed by atoms with Crippen molar-refractivity contribution in [2.24, 2.45) is 0 Å². The molecule has 1 amide bonds. The number of nitrogens with one attached hydrogen (secondary N) is 2. The SMILES string of the molecule is O=C(NCc1ccccc1Cl)c1ccc(Nc2cccc3cccnc23)nc1. The van der Waals surface area contributed by atoms with Gasteiger partial charge in [-0.1, -0.05) is 48.0 Å². The van der Waals surface area contributed by atoms with Gasteiger partial charge in [0, 0.05) is 29.3 Å². The average Bonchev–Trinajstić information content (AvgIpc) is 2.74. The summed E-state index contributed by atoms with van der Waals surface area (Å²) in [5.41, 5.74) is 3.08. The molecule has 6 heteroatoms. The number of aromatic nitrogens is 2. The molecule has 0 atom stereocenters. The zero-order valence-electron chi connectivity index (χ0n) is 14.9. The molecule has 0 bridgehead atoms. The minimum atomic E-state index is -0.203. The van der Waals surface area contributed by atoms with Crippen LogP contribution in [0.4, 0.5) is 11.5 Å². The quantitative estimate of drug-likeness (QED) is 0.507. The summed E-state index contributed by atoms with van der Waals surface area (Å²) in [5.74, 6) is 0.437. The second-order valence-corrected chi connectivity index (χ2v) is 6.62. The topological polar surface area (TPSA) is 66.9 Å². The van der Waals surface area contributed by atoms with Crippen LogP contribution in [0.15, 0.2) is 79.1 Å². The number of anilines is 2. The van der Waals surface area contributed by atoms with Crippen LogP contribution in [0.25, 0.3) is 10.9 Å². The zero-order valence-corrected chi connectivity index (χ0v) is 15.6. The van der Waals surface area contributed by atoms with Gasteiger partial charge < -0.3 is 10.6 Å². The molecule has 0 unspecified atom stereocenters. The largest absolute Gasteiger partial charge is 0.348 e. The second-order valence-electron chi connectivity index (χ2n) is 6.21. The molecule has 0 saturated heterocycles. The van der Waals surface area contributed by atoms with Crippen LogP contribution in [0.5, 0.6) is 0 Å². The van der Waals surface area contributed by atoms with Crippen molar-refractivity contribution < 1.29 is 4.79 Å². The summed E-state index contributed by atoms with van der Waals surface area (Å²) >= 11 is 6.12. The third-order valence-corrected chi connectivity index (χ3v) is 4.69. The Morgan fingerprint density at radius 1 is 0.929 bits per heavy atom. The third-order valence-electron chi connectivity index (χ3n) is 4.32. The normalized spacial score (nSPS) is 10.6. The van der Waals surface area contributed by atoms with E-state index >= 15 is 0 Å². The van der Waals surface area contributed by atoms with Crippen molar-refractivity contribution in [2.45, 2.75) is 6.54 Å². The van der Waals surface area contributed by atoms with Crippen molar-refractivity contribution in [1.82, 2.24) is 15.3 Å². The summed E-state index contributed by atoms with van der Waals surface area (Å²) in [4.78, 5) is 21.1. The Hall–Kier alpha value is -3.44. The molecule has 2 aromatic heterocycles. The van der Waals surface area contributed by atoms with Gasteiger partial charge in [0.25, 0.3) is 5.91 Å². The summed E-state index contributed by atoms with van der Waals surface area (Å²) in [6, 6.07) is 20.7. The van der Waals surface area contributed by atoms with E-state index in [0.29, 0.717) is 22.9 Å². The van der Waals surface area contributed by atoms with Crippen LogP contribution in [-0.2, 0) is 6.54 Å². The van der Waals surface area contributed by atoms with E-state index in [2.05, 4.69) is 20.6 Å². The van der Waals surface area contributed by atoms with Gasteiger partial charge in [0.15, 0.2) is 0 Å². The lowest BCUT2D eigenvalue weighted by atomic mass is 10.2. The van der Waals surface area contributed by atoms with Gasteiger partial charge in [-0.05, 0) is 35.9 Å². The van der Waals surface area contributed by atoms with E-state index in [9.17, 15) is 4.79 Å². The fraction of sp³-hybridized carbons (Fsp3) is 0.0455. The molecule has 0 radical (unpaired) electrons. The Morgan fingerprint density at radius 3 is 2.61 bits per heavy atom. The van der Waals surface area contributed by atoms with E-state index < -0.39 is 0 Å². The molecule has 138 valence electrons. The molecule has 0 aliphatic rings. The number of benzene rings is 2. The standard InChI is InChI=1S/C22H17ClN4O/c23-18-8-2-1-5-16(18)13-26-22(28)17-10-11-20(25-14-17)27-19-9-3-6-15-7-4-12-24-21(15)19/h1-12,14H,13H2,(H,25,27)(H,26,28). The van der Waals surface area contributed by atoms with E-state index in [4.69, 9.17) is 11.6 Å². The van der Waals surface area contributed by atoms with Gasteiger partial charge in [-0.25, -0.2) is 4.98 Å². The summed E-state index contributed by atoms with van der Waals surface area (Å²) in [7, 11) is 0. The van der Waals surface area contributed by atoms with Crippen molar-refractivity contribution in [3.8, 4) is 0 Å². The molecule has 0 fully saturated rings. The van der Waals surface area contributed by atoms with Gasteiger partial charge in [0.2, 0.25) is 0 Å². The number of hydrogen-bond donors (Lipinski definition) is 2. The highest BCUT2D eigenvalue weighted by Gasteiger charge is 2.08. The first kappa shape index (κ1) is 17.9. The van der Waals surface area contributed by atoms with Crippen molar-refractivity contribution in [1.29, 1.82) is 0 Å². The number of amides is 1. The number of nitrogens with zero attached hydrogens (tertiary/aromatic N) is 2. The number of para-hydroxylation sites is 1. The molecule has 28 heavy (non-hydrogen) atoms. The number of carbonyl (C=O) groups excluding carboxylic acids is 1. The molecule has 2 heterocycles. The van der Waals surface area contributed by atoms with Gasteiger partial charge in [0.05, 0.1) is 16.8 Å². The van der Waals surface area contributed by atoms with Crippen LogP contribution in [0, 0.1) is 0 Å². The van der Waals surface area contributed by atoms with Crippen molar-refractivity contribution in [3.05, 3.63) is 95.3 Å². The maximum Gasteiger partial charge on any atom is 0.253 e. The summed E-state index contributed by atoms with van der Waals surface area (Å²) in [6.07, 6.45) is 3.30. The van der Waals surface area contributed by atoms with E-state index in [0.717, 1.165) is 22.2 Å². The van der Waals surface area contributed by atoms with Crippen LogP contribution in [0.3, 0.4) is 0 Å². The number of hydrogen-bond acceptors (Lipinski definition) is 4. The van der Waals surface area contributed by atoms with E-state index in [1.54, 1.807) is 30.6 Å². The van der Waals surface area contributed by atoms with Crippen LogP contribution >= 0.6 is 11.6 Å². The van der Waals surface area contributed by atoms with Crippen LogP contribution in [0.2, 0.25) is 5.02 Å². The first-order valence-corrected chi connectivity index (χ1v) is 9.17. The van der Waals surface area contributed by atoms with Crippen molar-refractivity contribution >= 4 is 39.9 Å². The fourth-order valence-electron chi connectivity index (χ4n) is 2.86. The van der Waals surface area contributed by atoms with Crippen LogP contribution < -0.4 is 10.6 Å². The molecule has 4 rings (SSSR count). The number of fused-ring (bicyclic) bond motifs is 1. The lowest BCUT2D eigenvalue weighted by molar-refractivity contribution is 0.0950. The van der Waals surface area contributed by atoms with Crippen molar-refractivity contribution in [3.63, 3.8) is 0 Å². The van der Waals surface area contributed by atoms with Gasteiger partial charge in [-0.3, -0.25) is 9.78 Å². The van der Waals surface area contributed by atoms with Gasteiger partial charge in [-0.2, -0.15) is 0 Å². The van der Waals surface area contributed by atoms with E-state index in [1.165, 1.54) is 0 Å². The molecule has 2 N–H and O–H groups in total. The van der Waals surface area contributed by atoms with Crippen LogP contribution in [-0.4, -0.2) is 15.9 Å². The summed E-state index contributed by atoms with van der Waals surface area (Å²) in [6.45, 7) is 0.361. The van der Waals surface area contributed by atoms with Gasteiger partial charge >= 0.3 is 0 Å². The smallest absolute Gasteiger partial charge is 0.253 e. The molecule has 0 spiro atoms. The predicted molar refractivity (Wildman–Crippen MR) is 112 cm³/mol. The maximum atomic E-state index is 12.3. The molecule has 4 aromatic rings. The van der Waals surface area contributed by atoms with E-state index in [-0.39, 0.29) is 5.91 Å². The molecular formula is C22H17ClN4O. The highest BCUT2D eigenvalue weighted by atomic mass is 35.5. The number of rotatable bonds is 5. The Kier molecular flexibility index (Phi) is 5.17. The van der Waals surface area contributed by atoms with E-state index in [1.807, 2.05) is 48.5 Å². The zero-order chi connectivity index (χ0) is 19.3. The Bertz CT molecular complexity index is 1120. The predicted octanol–water partition coefficient (Wildman–Crippen LogP) is 4.96. The van der Waals surface area contributed by atoms with Gasteiger partial charge in [-0.15, -0.1) is 0 Å². The molecule has 5 nitrogen and oxygen atoms in total. The third kappa shape index (κ3) is 3.94. The van der Waals surface area contributed by atoms with Crippen LogP contribution in [0.1, 0.15) is 15.9 Å².